The minimum absolute atomic E-state index is 0.0975. The summed E-state index contributed by atoms with van der Waals surface area (Å²) in [6, 6.07) is 8.98. The lowest BCUT2D eigenvalue weighted by molar-refractivity contribution is -0.201. The zero-order valence-corrected chi connectivity index (χ0v) is 23.0. The Bertz CT molecular complexity index is 1070. The molecule has 2 aliphatic rings. The first-order valence-electron chi connectivity index (χ1n) is 13.5. The molecule has 0 atom stereocenters. The summed E-state index contributed by atoms with van der Waals surface area (Å²) in [7, 11) is -0.969. The third-order valence-electron chi connectivity index (χ3n) is 7.53. The number of halogens is 6. The molecule has 0 radical (unpaired) electrons. The minimum atomic E-state index is -4.11. The van der Waals surface area contributed by atoms with Crippen LogP contribution in [0.1, 0.15) is 56.1 Å². The lowest BCUT2D eigenvalue weighted by Crippen LogP contribution is -2.33. The van der Waals surface area contributed by atoms with E-state index in [1.54, 1.807) is 0 Å². The van der Waals surface area contributed by atoms with Crippen LogP contribution in [0.25, 0.3) is 0 Å². The Morgan fingerprint density at radius 2 is 1.69 bits per heavy atom. The molecule has 216 valence electrons. The number of benzene rings is 2. The van der Waals surface area contributed by atoms with E-state index in [1.807, 2.05) is 0 Å². The van der Waals surface area contributed by atoms with Crippen molar-refractivity contribution in [3.05, 3.63) is 59.2 Å². The van der Waals surface area contributed by atoms with Gasteiger partial charge in [0.2, 0.25) is 0 Å². The van der Waals surface area contributed by atoms with Crippen LogP contribution >= 0.6 is 0 Å². The Kier molecular flexibility index (Phi) is 10.2. The van der Waals surface area contributed by atoms with Crippen LogP contribution in [0, 0.1) is 17.6 Å². The minimum Gasteiger partial charge on any atom is -0.432 e. The van der Waals surface area contributed by atoms with E-state index in [0.29, 0.717) is 17.5 Å². The molecule has 2 aliphatic heterocycles. The molecule has 0 aromatic heterocycles. The second-order valence-electron chi connectivity index (χ2n) is 10.4. The number of alkyl halides is 4. The molecule has 0 unspecified atom stereocenters. The summed E-state index contributed by atoms with van der Waals surface area (Å²) >= 11 is 0. The van der Waals surface area contributed by atoms with Gasteiger partial charge in [0.15, 0.2) is 17.9 Å². The van der Waals surface area contributed by atoms with E-state index >= 15 is 0 Å². The molecule has 2 aromatic rings. The maximum atomic E-state index is 14.8. The van der Waals surface area contributed by atoms with Crippen LogP contribution in [0.5, 0.6) is 11.5 Å². The smallest absolute Gasteiger partial charge is 0.429 e. The zero-order chi connectivity index (χ0) is 28.0. The average Bonchev–Trinajstić information content (AvgIpc) is 2.90. The average molecular weight is 577 g/mol. The number of hydrogen-bond acceptors (Lipinski definition) is 4. The van der Waals surface area contributed by atoms with Crippen LogP contribution in [-0.2, 0) is 15.6 Å². The van der Waals surface area contributed by atoms with Crippen molar-refractivity contribution < 1.29 is 45.3 Å². The summed E-state index contributed by atoms with van der Waals surface area (Å²) in [5.74, 6) is -3.32. The van der Waals surface area contributed by atoms with E-state index in [-0.39, 0.29) is 12.2 Å². The van der Waals surface area contributed by atoms with Crippen LogP contribution in [0.4, 0.5) is 26.3 Å². The van der Waals surface area contributed by atoms with Crippen molar-refractivity contribution in [2.45, 2.75) is 82.1 Å². The van der Waals surface area contributed by atoms with Gasteiger partial charge < -0.3 is 18.9 Å². The van der Waals surface area contributed by atoms with Crippen LogP contribution in [0.3, 0.4) is 0 Å². The zero-order valence-electron chi connectivity index (χ0n) is 21.8. The van der Waals surface area contributed by atoms with Gasteiger partial charge in [-0.05, 0) is 61.4 Å². The van der Waals surface area contributed by atoms with Gasteiger partial charge in [-0.25, -0.2) is 8.78 Å². The quantitative estimate of drug-likeness (QED) is 0.201. The van der Waals surface area contributed by atoms with Gasteiger partial charge in [0.1, 0.15) is 11.6 Å². The maximum Gasteiger partial charge on any atom is 0.429 e. The molecule has 0 bridgehead atoms. The summed E-state index contributed by atoms with van der Waals surface area (Å²) in [5, 5.41) is 0. The van der Waals surface area contributed by atoms with Crippen LogP contribution in [0.15, 0.2) is 36.4 Å². The van der Waals surface area contributed by atoms with Gasteiger partial charge >= 0.3 is 12.7 Å². The molecule has 39 heavy (non-hydrogen) atoms. The van der Waals surface area contributed by atoms with Crippen molar-refractivity contribution in [3.63, 3.8) is 0 Å². The summed E-state index contributed by atoms with van der Waals surface area (Å²) in [6.07, 6.45) is 0.705. The van der Waals surface area contributed by atoms with Gasteiger partial charge in [-0.2, -0.15) is 17.6 Å². The number of ether oxygens (including phenoxy) is 4. The first kappa shape index (κ1) is 29.7. The van der Waals surface area contributed by atoms with Gasteiger partial charge in [-0.15, -0.1) is 0 Å². The molecule has 2 aromatic carbocycles. The van der Waals surface area contributed by atoms with Crippen molar-refractivity contribution in [3.8, 4) is 11.5 Å². The number of hydrogen-bond donors (Lipinski definition) is 0. The molecular weight excluding hydrogens is 542 g/mol. The molecule has 0 aliphatic carbocycles. The predicted octanol–water partition coefficient (Wildman–Crippen LogP) is 7.98. The van der Waals surface area contributed by atoms with Crippen molar-refractivity contribution in [1.82, 2.24) is 0 Å². The summed E-state index contributed by atoms with van der Waals surface area (Å²) in [4.78, 5) is 0. The van der Waals surface area contributed by atoms with E-state index in [1.165, 1.54) is 6.07 Å². The SMILES string of the molecule is CCCC1COC(CC[SiH]2CCC(c3ccc(C(F)(F)Oc4ccc(OC(F)F)c(F)c4)c(F)c3)CC2)OC1. The molecule has 0 N–H and O–H groups in total. The van der Waals surface area contributed by atoms with E-state index in [9.17, 15) is 26.3 Å². The molecule has 11 heteroatoms. The van der Waals surface area contributed by atoms with E-state index in [2.05, 4.69) is 16.4 Å². The van der Waals surface area contributed by atoms with Crippen LogP contribution in [0.2, 0.25) is 18.1 Å². The maximum absolute atomic E-state index is 14.8. The van der Waals surface area contributed by atoms with E-state index in [4.69, 9.17) is 9.47 Å². The van der Waals surface area contributed by atoms with E-state index in [0.717, 1.165) is 87.7 Å². The normalized spacial score (nSPS) is 24.1. The molecular formula is C28H34F6O4Si. The second kappa shape index (κ2) is 13.4. The molecule has 4 rings (SSSR count). The molecule has 2 saturated heterocycles. The van der Waals surface area contributed by atoms with Gasteiger partial charge in [-0.1, -0.05) is 37.5 Å². The predicted molar refractivity (Wildman–Crippen MR) is 136 cm³/mol. The highest BCUT2D eigenvalue weighted by atomic mass is 28.3. The Morgan fingerprint density at radius 1 is 0.974 bits per heavy atom. The first-order chi connectivity index (χ1) is 18.6. The third kappa shape index (κ3) is 8.14. The van der Waals surface area contributed by atoms with Crippen molar-refractivity contribution in [2.75, 3.05) is 13.2 Å². The molecule has 0 saturated carbocycles. The molecule has 0 amide bonds. The topological polar surface area (TPSA) is 36.9 Å². The Labute approximate surface area is 226 Å². The standard InChI is InChI=1S/C28H34F6O4Si/c1-2-3-18-16-35-26(36-17-18)10-13-39-11-8-19(9-12-39)20-4-6-22(23(29)14-20)28(33,34)38-21-5-7-25(24(30)15-21)37-27(31)32/h4-7,14-15,18-19,26-27,39H,2-3,8-13,16-17H2,1H3. The lowest BCUT2D eigenvalue weighted by atomic mass is 9.92. The van der Waals surface area contributed by atoms with Crippen molar-refractivity contribution in [2.24, 2.45) is 5.92 Å². The van der Waals surface area contributed by atoms with Crippen LogP contribution < -0.4 is 9.47 Å². The third-order valence-corrected chi connectivity index (χ3v) is 11.0. The second-order valence-corrected chi connectivity index (χ2v) is 13.8. The Morgan fingerprint density at radius 3 is 2.31 bits per heavy atom. The van der Waals surface area contributed by atoms with Gasteiger partial charge in [0.05, 0.1) is 18.8 Å². The van der Waals surface area contributed by atoms with Gasteiger partial charge in [0.25, 0.3) is 0 Å². The molecule has 0 spiro atoms. The first-order valence-corrected chi connectivity index (χ1v) is 15.9. The lowest BCUT2D eigenvalue weighted by Gasteiger charge is -2.32. The molecule has 4 nitrogen and oxygen atoms in total. The summed E-state index contributed by atoms with van der Waals surface area (Å²) in [6.45, 7) is 0.405. The highest BCUT2D eigenvalue weighted by molar-refractivity contribution is 6.59. The monoisotopic (exact) mass is 576 g/mol. The van der Waals surface area contributed by atoms with Crippen molar-refractivity contribution in [1.29, 1.82) is 0 Å². The van der Waals surface area contributed by atoms with Crippen molar-refractivity contribution >= 4 is 8.80 Å². The Hall–Kier alpha value is -2.24. The fourth-order valence-electron chi connectivity index (χ4n) is 5.44. The fourth-order valence-corrected chi connectivity index (χ4v) is 8.80. The van der Waals surface area contributed by atoms with Gasteiger partial charge in [0, 0.05) is 20.8 Å². The van der Waals surface area contributed by atoms with Crippen LogP contribution in [-0.4, -0.2) is 34.9 Å². The number of rotatable bonds is 11. The van der Waals surface area contributed by atoms with Gasteiger partial charge in [-0.3, -0.25) is 0 Å². The highest BCUT2D eigenvalue weighted by Gasteiger charge is 2.38. The summed E-state index contributed by atoms with van der Waals surface area (Å²) < 4.78 is 103. The Balaban J connectivity index is 1.28. The summed E-state index contributed by atoms with van der Waals surface area (Å²) in [5.41, 5.74) is -0.323. The highest BCUT2D eigenvalue weighted by Crippen LogP contribution is 2.39. The largest absolute Gasteiger partial charge is 0.432 e. The molecule has 2 fully saturated rings. The fraction of sp³-hybridized carbons (Fsp3) is 0.571. The van der Waals surface area contributed by atoms with E-state index < -0.39 is 50.2 Å². The molecule has 2 heterocycles.